The van der Waals surface area contributed by atoms with Crippen LogP contribution in [0.2, 0.25) is 0 Å². The second-order valence-electron chi connectivity index (χ2n) is 4.71. The summed E-state index contributed by atoms with van der Waals surface area (Å²) in [5, 5.41) is 10.6. The Labute approximate surface area is 128 Å². The average Bonchev–Trinajstić information content (AvgIpc) is 2.95. The van der Waals surface area contributed by atoms with Gasteiger partial charge in [-0.05, 0) is 6.07 Å². The van der Waals surface area contributed by atoms with Crippen LogP contribution in [0.3, 0.4) is 0 Å². The van der Waals surface area contributed by atoms with Crippen molar-refractivity contribution in [1.29, 1.82) is 0 Å². The van der Waals surface area contributed by atoms with Crippen LogP contribution in [0.25, 0.3) is 0 Å². The summed E-state index contributed by atoms with van der Waals surface area (Å²) in [7, 11) is 1.76. The molecule has 1 atom stereocenters. The van der Waals surface area contributed by atoms with E-state index >= 15 is 0 Å². The molecule has 0 spiro atoms. The van der Waals surface area contributed by atoms with Crippen molar-refractivity contribution in [2.75, 3.05) is 33.5 Å². The maximum atomic E-state index is 12.2. The minimum absolute atomic E-state index is 0.0592. The van der Waals surface area contributed by atoms with E-state index in [0.29, 0.717) is 32.8 Å². The first kappa shape index (κ1) is 16.0. The van der Waals surface area contributed by atoms with Crippen LogP contribution < -0.4 is 0 Å². The molecule has 0 radical (unpaired) electrons. The lowest BCUT2D eigenvalue weighted by molar-refractivity contribution is -0.157. The lowest BCUT2D eigenvalue weighted by atomic mass is 10.2. The molecule has 1 aromatic rings. The molecule has 1 saturated heterocycles. The molecule has 0 saturated carbocycles. The molecule has 5 nitrogen and oxygen atoms in total. The van der Waals surface area contributed by atoms with Gasteiger partial charge in [0, 0.05) is 29.3 Å². The van der Waals surface area contributed by atoms with Crippen LogP contribution in [0.15, 0.2) is 11.4 Å². The smallest absolute Gasteiger partial charge is 0.254 e. The van der Waals surface area contributed by atoms with Crippen molar-refractivity contribution in [2.45, 2.75) is 19.1 Å². The van der Waals surface area contributed by atoms with Gasteiger partial charge in [-0.1, -0.05) is 11.8 Å². The van der Waals surface area contributed by atoms with Crippen LogP contribution in [0.4, 0.5) is 0 Å². The topological polar surface area (TPSA) is 59.0 Å². The second-order valence-corrected chi connectivity index (χ2v) is 5.70. The van der Waals surface area contributed by atoms with E-state index in [0.717, 1.165) is 10.4 Å². The number of nitrogens with zero attached hydrogens (tertiary/aromatic N) is 1. The first-order chi connectivity index (χ1) is 10.2. The number of thiophene rings is 1. The number of aliphatic hydroxyl groups excluding tert-OH is 1. The van der Waals surface area contributed by atoms with Gasteiger partial charge in [0.1, 0.15) is 0 Å². The summed E-state index contributed by atoms with van der Waals surface area (Å²) in [6.07, 6.45) is -0.0182. The zero-order valence-corrected chi connectivity index (χ0v) is 12.8. The Hall–Kier alpha value is -1.39. The van der Waals surface area contributed by atoms with E-state index in [2.05, 4.69) is 11.8 Å². The van der Waals surface area contributed by atoms with Crippen molar-refractivity contribution >= 4 is 17.2 Å². The van der Waals surface area contributed by atoms with E-state index in [1.165, 1.54) is 0 Å². The minimum atomic E-state index is -0.493. The number of carbonyl (C=O) groups is 1. The number of ether oxygens (including phenoxy) is 2. The molecule has 114 valence electrons. The van der Waals surface area contributed by atoms with Gasteiger partial charge in [-0.3, -0.25) is 4.79 Å². The van der Waals surface area contributed by atoms with Crippen LogP contribution in [-0.4, -0.2) is 55.5 Å². The van der Waals surface area contributed by atoms with Gasteiger partial charge in [-0.15, -0.1) is 11.3 Å². The summed E-state index contributed by atoms with van der Waals surface area (Å²) in [6.45, 7) is 1.95. The highest BCUT2D eigenvalue weighted by Crippen LogP contribution is 2.16. The minimum Gasteiger partial charge on any atom is -0.395 e. The molecule has 6 heteroatoms. The summed E-state index contributed by atoms with van der Waals surface area (Å²) < 4.78 is 10.7. The number of likely N-dealkylation sites (N-methyl/N-ethyl adjacent to an activating group) is 1. The molecular weight excluding hydrogens is 290 g/mol. The van der Waals surface area contributed by atoms with Crippen LogP contribution in [0, 0.1) is 11.8 Å². The number of hydrogen-bond donors (Lipinski definition) is 1. The van der Waals surface area contributed by atoms with E-state index in [4.69, 9.17) is 14.6 Å². The molecule has 1 amide bonds. The van der Waals surface area contributed by atoms with Gasteiger partial charge in [0.2, 0.25) is 0 Å². The fraction of sp³-hybridized carbons (Fsp3) is 0.533. The van der Waals surface area contributed by atoms with E-state index in [9.17, 15) is 4.79 Å². The normalized spacial score (nSPS) is 17.9. The number of rotatable bonds is 4. The Morgan fingerprint density at radius 3 is 3.14 bits per heavy atom. The van der Waals surface area contributed by atoms with Crippen LogP contribution >= 0.6 is 11.3 Å². The quantitative estimate of drug-likeness (QED) is 0.838. The predicted molar refractivity (Wildman–Crippen MR) is 79.9 cm³/mol. The van der Waals surface area contributed by atoms with Crippen molar-refractivity contribution in [3.63, 3.8) is 0 Å². The van der Waals surface area contributed by atoms with E-state index in [1.807, 2.05) is 11.4 Å². The third-order valence-electron chi connectivity index (χ3n) is 2.98. The molecule has 1 N–H and O–H groups in total. The highest BCUT2D eigenvalue weighted by Gasteiger charge is 2.25. The number of hydrogen-bond acceptors (Lipinski definition) is 5. The maximum Gasteiger partial charge on any atom is 0.254 e. The number of carbonyl (C=O) groups excluding carboxylic acids is 1. The Bertz CT molecular complexity index is 525. The zero-order chi connectivity index (χ0) is 15.1. The molecule has 1 aliphatic rings. The van der Waals surface area contributed by atoms with Gasteiger partial charge in [0.25, 0.3) is 5.91 Å². The largest absolute Gasteiger partial charge is 0.395 e. The number of amides is 1. The van der Waals surface area contributed by atoms with Gasteiger partial charge in [-0.25, -0.2) is 0 Å². The predicted octanol–water partition coefficient (Wildman–Crippen LogP) is 0.856. The van der Waals surface area contributed by atoms with Crippen molar-refractivity contribution in [3.8, 4) is 11.8 Å². The first-order valence-corrected chi connectivity index (χ1v) is 7.70. The average molecular weight is 309 g/mol. The Kier molecular flexibility index (Phi) is 6.21. The van der Waals surface area contributed by atoms with E-state index in [-0.39, 0.29) is 12.5 Å². The molecule has 2 rings (SSSR count). The summed E-state index contributed by atoms with van der Waals surface area (Å²) in [6, 6.07) is 1.97. The van der Waals surface area contributed by atoms with Gasteiger partial charge < -0.3 is 19.5 Å². The van der Waals surface area contributed by atoms with Gasteiger partial charge in [0.05, 0.1) is 33.0 Å². The first-order valence-electron chi connectivity index (χ1n) is 6.82. The van der Waals surface area contributed by atoms with Gasteiger partial charge >= 0.3 is 0 Å². The second kappa shape index (κ2) is 8.15. The fourth-order valence-corrected chi connectivity index (χ4v) is 2.81. The molecule has 1 aliphatic heterocycles. The van der Waals surface area contributed by atoms with Gasteiger partial charge in [-0.2, -0.15) is 0 Å². The SMILES string of the molecule is CN(Cc1cc(C#CCCO)cs1)C(=O)C1COCCO1. The van der Waals surface area contributed by atoms with Crippen LogP contribution in [0.1, 0.15) is 16.9 Å². The summed E-state index contributed by atoms with van der Waals surface area (Å²) in [5.41, 5.74) is 0.918. The van der Waals surface area contributed by atoms with Crippen molar-refractivity contribution in [1.82, 2.24) is 4.90 Å². The van der Waals surface area contributed by atoms with Crippen molar-refractivity contribution in [3.05, 3.63) is 21.9 Å². The molecule has 21 heavy (non-hydrogen) atoms. The lowest BCUT2D eigenvalue weighted by Gasteiger charge is -2.26. The molecule has 1 fully saturated rings. The molecule has 1 unspecified atom stereocenters. The lowest BCUT2D eigenvalue weighted by Crippen LogP contribution is -2.43. The third kappa shape index (κ3) is 4.83. The highest BCUT2D eigenvalue weighted by molar-refractivity contribution is 7.10. The fourth-order valence-electron chi connectivity index (χ4n) is 1.94. The third-order valence-corrected chi connectivity index (χ3v) is 3.91. The number of aliphatic hydroxyl groups is 1. The van der Waals surface area contributed by atoms with E-state index < -0.39 is 6.10 Å². The highest BCUT2D eigenvalue weighted by atomic mass is 32.1. The molecule has 0 aromatic carbocycles. The monoisotopic (exact) mass is 309 g/mol. The standard InChI is InChI=1S/C15H19NO4S/c1-16(15(18)14-10-19-6-7-20-14)9-13-8-12(11-21-13)4-2-3-5-17/h8,11,14,17H,3,5-7,9-10H2,1H3. The molecule has 1 aromatic heterocycles. The van der Waals surface area contributed by atoms with Crippen LogP contribution in [0.5, 0.6) is 0 Å². The van der Waals surface area contributed by atoms with Crippen molar-refractivity contribution < 1.29 is 19.4 Å². The summed E-state index contributed by atoms with van der Waals surface area (Å²) in [5.74, 6) is 5.81. The zero-order valence-electron chi connectivity index (χ0n) is 12.0. The molecule has 0 bridgehead atoms. The van der Waals surface area contributed by atoms with E-state index in [1.54, 1.807) is 23.3 Å². The Morgan fingerprint density at radius 1 is 1.57 bits per heavy atom. The molecule has 2 heterocycles. The Balaban J connectivity index is 1.88. The molecule has 0 aliphatic carbocycles. The van der Waals surface area contributed by atoms with Gasteiger partial charge in [0.15, 0.2) is 6.10 Å². The maximum absolute atomic E-state index is 12.2. The molecular formula is C15H19NO4S. The summed E-state index contributed by atoms with van der Waals surface area (Å²) in [4.78, 5) is 14.9. The van der Waals surface area contributed by atoms with Crippen molar-refractivity contribution in [2.24, 2.45) is 0 Å². The summed E-state index contributed by atoms with van der Waals surface area (Å²) >= 11 is 1.57. The van der Waals surface area contributed by atoms with Crippen LogP contribution in [-0.2, 0) is 20.8 Å². The Morgan fingerprint density at radius 2 is 2.43 bits per heavy atom.